The normalized spacial score (nSPS) is 10.5. The van der Waals surface area contributed by atoms with Crippen molar-refractivity contribution in [1.29, 1.82) is 0 Å². The minimum Gasteiger partial charge on any atom is -0.330 e. The van der Waals surface area contributed by atoms with Crippen molar-refractivity contribution in [2.45, 2.75) is 6.42 Å². The molecule has 0 amide bonds. The molecule has 1 heterocycles. The molecule has 1 aromatic carbocycles. The van der Waals surface area contributed by atoms with Crippen LogP contribution in [0.15, 0.2) is 30.9 Å². The highest BCUT2D eigenvalue weighted by molar-refractivity contribution is 5.35. The number of rotatable bonds is 3. The van der Waals surface area contributed by atoms with Crippen LogP contribution in [0.2, 0.25) is 0 Å². The summed E-state index contributed by atoms with van der Waals surface area (Å²) in [5, 5.41) is 3.86. The van der Waals surface area contributed by atoms with Gasteiger partial charge in [-0.3, -0.25) is 0 Å². The first-order valence-electron chi connectivity index (χ1n) is 4.65. The van der Waals surface area contributed by atoms with Gasteiger partial charge in [0, 0.05) is 0 Å². The lowest BCUT2D eigenvalue weighted by atomic mass is 10.1. The molecule has 5 heteroatoms. The molecule has 0 spiro atoms. The zero-order valence-corrected chi connectivity index (χ0v) is 8.10. The first kappa shape index (κ1) is 9.79. The number of hydrogen-bond donors (Lipinski definition) is 1. The molecule has 0 saturated carbocycles. The zero-order valence-electron chi connectivity index (χ0n) is 8.10. The molecule has 0 saturated heterocycles. The number of halogens is 1. The molecule has 78 valence electrons. The molecule has 0 bridgehead atoms. The Bertz CT molecular complexity index is 439. The van der Waals surface area contributed by atoms with Crippen LogP contribution < -0.4 is 5.73 Å². The third kappa shape index (κ3) is 2.02. The number of aromatic nitrogens is 3. The predicted octanol–water partition coefficient (Wildman–Crippen LogP) is 0.908. The molecule has 0 radical (unpaired) electrons. The summed E-state index contributed by atoms with van der Waals surface area (Å²) in [4.78, 5) is 3.76. The smallest absolute Gasteiger partial charge is 0.149 e. The highest BCUT2D eigenvalue weighted by Gasteiger charge is 2.05. The molecule has 2 N–H and O–H groups in total. The number of nitrogens with zero attached hydrogens (tertiary/aromatic N) is 3. The fourth-order valence-electron chi connectivity index (χ4n) is 1.39. The van der Waals surface area contributed by atoms with Crippen LogP contribution in [0.5, 0.6) is 0 Å². The highest BCUT2D eigenvalue weighted by atomic mass is 19.1. The van der Waals surface area contributed by atoms with E-state index in [1.165, 1.54) is 23.4 Å². The summed E-state index contributed by atoms with van der Waals surface area (Å²) in [6.07, 6.45) is 3.50. The Morgan fingerprint density at radius 3 is 2.87 bits per heavy atom. The van der Waals surface area contributed by atoms with Gasteiger partial charge in [0.05, 0.1) is 0 Å². The molecule has 0 fully saturated rings. The van der Waals surface area contributed by atoms with Crippen molar-refractivity contribution >= 4 is 0 Å². The van der Waals surface area contributed by atoms with Gasteiger partial charge in [0.2, 0.25) is 0 Å². The third-order valence-corrected chi connectivity index (χ3v) is 2.11. The van der Waals surface area contributed by atoms with E-state index in [4.69, 9.17) is 5.73 Å². The van der Waals surface area contributed by atoms with Crippen LogP contribution in [0.25, 0.3) is 5.69 Å². The van der Waals surface area contributed by atoms with E-state index in [2.05, 4.69) is 10.1 Å². The molecule has 0 atom stereocenters. The second kappa shape index (κ2) is 4.18. The predicted molar refractivity (Wildman–Crippen MR) is 54.1 cm³/mol. The van der Waals surface area contributed by atoms with Crippen molar-refractivity contribution in [2.75, 3.05) is 6.54 Å². The monoisotopic (exact) mass is 206 g/mol. The quantitative estimate of drug-likeness (QED) is 0.812. The molecule has 0 aliphatic heterocycles. The average molecular weight is 206 g/mol. The summed E-state index contributed by atoms with van der Waals surface area (Å²) in [5.74, 6) is -0.313. The Balaban J connectivity index is 2.35. The lowest BCUT2D eigenvalue weighted by Gasteiger charge is -2.04. The van der Waals surface area contributed by atoms with Crippen LogP contribution in [-0.2, 0) is 6.42 Å². The van der Waals surface area contributed by atoms with Crippen LogP contribution in [0.4, 0.5) is 4.39 Å². The summed E-state index contributed by atoms with van der Waals surface area (Å²) < 4.78 is 15.0. The first-order valence-corrected chi connectivity index (χ1v) is 4.65. The summed E-state index contributed by atoms with van der Waals surface area (Å²) in [7, 11) is 0. The average Bonchev–Trinajstić information content (AvgIpc) is 2.71. The SMILES string of the molecule is NCCc1ccc(-n2cncn2)c(F)c1. The Morgan fingerprint density at radius 2 is 2.27 bits per heavy atom. The fraction of sp³-hybridized carbons (Fsp3) is 0.200. The largest absolute Gasteiger partial charge is 0.330 e. The second-order valence-electron chi connectivity index (χ2n) is 3.16. The molecule has 0 aliphatic carbocycles. The van der Waals surface area contributed by atoms with Gasteiger partial charge >= 0.3 is 0 Å². The van der Waals surface area contributed by atoms with Gasteiger partial charge in [-0.05, 0) is 30.7 Å². The Labute approximate surface area is 86.6 Å². The second-order valence-corrected chi connectivity index (χ2v) is 3.16. The highest BCUT2D eigenvalue weighted by Crippen LogP contribution is 2.13. The van der Waals surface area contributed by atoms with Gasteiger partial charge in [0.25, 0.3) is 0 Å². The van der Waals surface area contributed by atoms with E-state index >= 15 is 0 Å². The van der Waals surface area contributed by atoms with Crippen LogP contribution in [0, 0.1) is 5.82 Å². The summed E-state index contributed by atoms with van der Waals surface area (Å²) in [5.41, 5.74) is 6.68. The van der Waals surface area contributed by atoms with Crippen molar-refractivity contribution in [1.82, 2.24) is 14.8 Å². The van der Waals surface area contributed by atoms with E-state index in [0.717, 1.165) is 5.56 Å². The van der Waals surface area contributed by atoms with Crippen LogP contribution in [0.3, 0.4) is 0 Å². The summed E-state index contributed by atoms with van der Waals surface area (Å²) in [6, 6.07) is 4.99. The van der Waals surface area contributed by atoms with Gasteiger partial charge in [-0.1, -0.05) is 6.07 Å². The molecule has 2 aromatic rings. The van der Waals surface area contributed by atoms with Crippen molar-refractivity contribution in [2.24, 2.45) is 5.73 Å². The summed E-state index contributed by atoms with van der Waals surface area (Å²) >= 11 is 0. The molecule has 4 nitrogen and oxygen atoms in total. The van der Waals surface area contributed by atoms with E-state index in [-0.39, 0.29) is 5.82 Å². The van der Waals surface area contributed by atoms with Gasteiger partial charge in [-0.25, -0.2) is 14.1 Å². The standard InChI is InChI=1S/C10H11FN4/c11-9-5-8(3-4-12)1-2-10(9)15-7-13-6-14-15/h1-2,5-7H,3-4,12H2. The minimum absolute atomic E-state index is 0.313. The molecular formula is C10H11FN4. The third-order valence-electron chi connectivity index (χ3n) is 2.11. The van der Waals surface area contributed by atoms with E-state index in [0.29, 0.717) is 18.7 Å². The van der Waals surface area contributed by atoms with Crippen molar-refractivity contribution in [3.05, 3.63) is 42.2 Å². The van der Waals surface area contributed by atoms with E-state index in [1.807, 2.05) is 6.07 Å². The molecule has 2 rings (SSSR count). The molecule has 0 unspecified atom stereocenters. The molecule has 15 heavy (non-hydrogen) atoms. The van der Waals surface area contributed by atoms with E-state index in [9.17, 15) is 4.39 Å². The zero-order chi connectivity index (χ0) is 10.7. The van der Waals surface area contributed by atoms with Crippen molar-refractivity contribution in [3.63, 3.8) is 0 Å². The Hall–Kier alpha value is -1.75. The maximum absolute atomic E-state index is 13.6. The van der Waals surface area contributed by atoms with E-state index < -0.39 is 0 Å². The topological polar surface area (TPSA) is 56.7 Å². The maximum atomic E-state index is 13.6. The Kier molecular flexibility index (Phi) is 2.73. The lowest BCUT2D eigenvalue weighted by Crippen LogP contribution is -2.04. The molecular weight excluding hydrogens is 195 g/mol. The van der Waals surface area contributed by atoms with Gasteiger partial charge in [0.15, 0.2) is 0 Å². The van der Waals surface area contributed by atoms with Crippen molar-refractivity contribution < 1.29 is 4.39 Å². The number of nitrogens with two attached hydrogens (primary N) is 1. The molecule has 0 aliphatic rings. The van der Waals surface area contributed by atoms with Gasteiger partial charge in [-0.15, -0.1) is 0 Å². The Morgan fingerprint density at radius 1 is 1.40 bits per heavy atom. The number of hydrogen-bond acceptors (Lipinski definition) is 3. The van der Waals surface area contributed by atoms with Crippen LogP contribution >= 0.6 is 0 Å². The van der Waals surface area contributed by atoms with Gasteiger partial charge in [0.1, 0.15) is 24.2 Å². The number of benzene rings is 1. The van der Waals surface area contributed by atoms with Crippen LogP contribution in [-0.4, -0.2) is 21.3 Å². The van der Waals surface area contributed by atoms with Crippen molar-refractivity contribution in [3.8, 4) is 5.69 Å². The summed E-state index contributed by atoms with van der Waals surface area (Å²) in [6.45, 7) is 0.516. The van der Waals surface area contributed by atoms with E-state index in [1.54, 1.807) is 6.07 Å². The van der Waals surface area contributed by atoms with Gasteiger partial charge in [-0.2, -0.15) is 5.10 Å². The minimum atomic E-state index is -0.313. The fourth-order valence-corrected chi connectivity index (χ4v) is 1.39. The molecule has 1 aromatic heterocycles. The lowest BCUT2D eigenvalue weighted by molar-refractivity contribution is 0.608. The first-order chi connectivity index (χ1) is 7.31. The van der Waals surface area contributed by atoms with Crippen LogP contribution in [0.1, 0.15) is 5.56 Å². The maximum Gasteiger partial charge on any atom is 0.149 e. The van der Waals surface area contributed by atoms with Gasteiger partial charge < -0.3 is 5.73 Å².